The van der Waals surface area contributed by atoms with Crippen LogP contribution >= 0.6 is 0 Å². The Bertz CT molecular complexity index is 1770. The van der Waals surface area contributed by atoms with Crippen LogP contribution in [-0.4, -0.2) is 50.3 Å². The van der Waals surface area contributed by atoms with Crippen molar-refractivity contribution in [2.24, 2.45) is 23.2 Å². The predicted molar refractivity (Wildman–Crippen MR) is 218 cm³/mol. The van der Waals surface area contributed by atoms with E-state index >= 15 is 0 Å². The number of rotatable bonds is 18. The Kier molecular flexibility index (Phi) is 13.6. The van der Waals surface area contributed by atoms with Gasteiger partial charge in [-0.15, -0.1) is 5.92 Å². The molecule has 294 valence electrons. The summed E-state index contributed by atoms with van der Waals surface area (Å²) in [5.41, 5.74) is 4.77. The normalized spacial score (nSPS) is 29.1. The molecule has 6 heteroatoms. The van der Waals surface area contributed by atoms with Gasteiger partial charge in [-0.25, -0.2) is 0 Å². The summed E-state index contributed by atoms with van der Waals surface area (Å²) in [5, 5.41) is 0. The Morgan fingerprint density at radius 2 is 1.00 bits per heavy atom. The van der Waals surface area contributed by atoms with Crippen LogP contribution in [0.15, 0.2) is 121 Å². The van der Waals surface area contributed by atoms with E-state index in [0.29, 0.717) is 38.4 Å². The van der Waals surface area contributed by atoms with Crippen LogP contribution in [0, 0.1) is 35.0 Å². The van der Waals surface area contributed by atoms with Crippen molar-refractivity contribution in [3.05, 3.63) is 144 Å². The van der Waals surface area contributed by atoms with Gasteiger partial charge in [0.15, 0.2) is 0 Å². The first-order valence-corrected chi connectivity index (χ1v) is 21.0. The van der Waals surface area contributed by atoms with Gasteiger partial charge < -0.3 is 28.4 Å². The smallest absolute Gasteiger partial charge is 0.147 e. The highest BCUT2D eigenvalue weighted by Gasteiger charge is 2.51. The minimum Gasteiger partial charge on any atom is -0.381 e. The average molecular weight is 755 g/mol. The van der Waals surface area contributed by atoms with Crippen molar-refractivity contribution in [1.29, 1.82) is 0 Å². The van der Waals surface area contributed by atoms with Crippen LogP contribution in [0.1, 0.15) is 73.6 Å². The molecule has 0 radical (unpaired) electrons. The number of ether oxygens (including phenoxy) is 6. The monoisotopic (exact) mass is 754 g/mol. The number of hydrogen-bond donors (Lipinski definition) is 0. The van der Waals surface area contributed by atoms with Crippen molar-refractivity contribution in [1.82, 2.24) is 0 Å². The van der Waals surface area contributed by atoms with Crippen molar-refractivity contribution >= 4 is 0 Å². The molecule has 4 aromatic rings. The Hall–Kier alpha value is -3.80. The first-order valence-electron chi connectivity index (χ1n) is 21.0. The summed E-state index contributed by atoms with van der Waals surface area (Å²) >= 11 is 0. The zero-order valence-corrected chi connectivity index (χ0v) is 32.7. The van der Waals surface area contributed by atoms with Crippen LogP contribution in [0.3, 0.4) is 0 Å². The fraction of sp³-hybridized carbons (Fsp3) is 0.480. The molecule has 4 aromatic carbocycles. The molecule has 5 fully saturated rings. The molecular weight excluding hydrogens is 697 g/mol. The molecule has 4 saturated carbocycles. The summed E-state index contributed by atoms with van der Waals surface area (Å²) < 4.78 is 40.2. The molecule has 0 unspecified atom stereocenters. The molecule has 0 N–H and O–H groups in total. The number of unbranched alkanes of at least 4 members (excludes halogenated alkanes) is 1. The van der Waals surface area contributed by atoms with E-state index in [-0.39, 0.29) is 0 Å². The summed E-state index contributed by atoms with van der Waals surface area (Å²) in [6.07, 6.45) is 7.68. The molecule has 4 aliphatic carbocycles. The van der Waals surface area contributed by atoms with E-state index in [2.05, 4.69) is 60.4 Å². The van der Waals surface area contributed by atoms with Crippen LogP contribution in [-0.2, 0) is 54.8 Å². The van der Waals surface area contributed by atoms with Gasteiger partial charge in [-0.3, -0.25) is 0 Å². The summed E-state index contributed by atoms with van der Waals surface area (Å²) in [5.74, 6) is 9.82. The summed E-state index contributed by atoms with van der Waals surface area (Å²) in [7, 11) is 0. The number of benzene rings is 4. The van der Waals surface area contributed by atoms with Gasteiger partial charge in [0.2, 0.25) is 0 Å². The highest BCUT2D eigenvalue weighted by Crippen LogP contribution is 2.60. The van der Waals surface area contributed by atoms with E-state index in [9.17, 15) is 0 Å². The highest BCUT2D eigenvalue weighted by molar-refractivity contribution is 5.18. The van der Waals surface area contributed by atoms with Crippen molar-refractivity contribution in [2.45, 2.75) is 108 Å². The minimum absolute atomic E-state index is 0.321. The third kappa shape index (κ3) is 10.6. The summed E-state index contributed by atoms with van der Waals surface area (Å²) in [6.45, 7) is 3.65. The van der Waals surface area contributed by atoms with Gasteiger partial charge in [0.05, 0.1) is 39.6 Å². The maximum absolute atomic E-state index is 6.91. The van der Waals surface area contributed by atoms with Gasteiger partial charge in [0, 0.05) is 13.0 Å². The SMILES string of the molecule is C(#C[C@@H]1O[C@H](COCc2ccccc2)[C@@H](OCc2ccccc2)[C@H](OCc2ccccc2)[C@H]1OCc1ccccc1)CCCOCC12CC3CC(CC(C3)C1)C2. The Morgan fingerprint density at radius 3 is 1.52 bits per heavy atom. The standard InChI is InChI=1S/C50H58O6/c1-6-16-38(17-7-1)32-52-36-46-48(54-34-40-20-10-3-11-21-40)49(55-35-41-22-12-4-13-23-41)47(53-33-39-18-8-2-9-19-39)45(56-46)24-14-5-15-25-51-37-50-29-42-26-43(30-50)28-44(27-42)31-50/h1-4,6-13,16-23,42-49H,5,15,25-37H2/t42?,43?,44?,45-,46+,47-,48+,49+,50?/m0/s1. The molecule has 1 saturated heterocycles. The second kappa shape index (κ2) is 19.6. The van der Waals surface area contributed by atoms with Crippen LogP contribution in [0.5, 0.6) is 0 Å². The average Bonchev–Trinajstić information content (AvgIpc) is 3.22. The fourth-order valence-electron chi connectivity index (χ4n) is 10.1. The topological polar surface area (TPSA) is 55.4 Å². The molecule has 0 amide bonds. The maximum Gasteiger partial charge on any atom is 0.147 e. The molecule has 0 aromatic heterocycles. The first kappa shape index (κ1) is 39.0. The molecule has 56 heavy (non-hydrogen) atoms. The van der Waals surface area contributed by atoms with Crippen LogP contribution in [0.25, 0.3) is 0 Å². The Balaban J connectivity index is 0.992. The van der Waals surface area contributed by atoms with Gasteiger partial charge in [-0.2, -0.15) is 0 Å². The lowest BCUT2D eigenvalue weighted by Crippen LogP contribution is -2.60. The van der Waals surface area contributed by atoms with E-state index in [1.54, 1.807) is 0 Å². The molecule has 1 aliphatic heterocycles. The van der Waals surface area contributed by atoms with E-state index in [0.717, 1.165) is 66.1 Å². The second-order valence-corrected chi connectivity index (χ2v) is 16.8. The van der Waals surface area contributed by atoms with E-state index in [4.69, 9.17) is 28.4 Å². The van der Waals surface area contributed by atoms with Crippen molar-refractivity contribution < 1.29 is 28.4 Å². The molecule has 1 heterocycles. The van der Waals surface area contributed by atoms with Crippen molar-refractivity contribution in [3.8, 4) is 11.8 Å². The molecule has 5 aliphatic rings. The van der Waals surface area contributed by atoms with Gasteiger partial charge >= 0.3 is 0 Å². The van der Waals surface area contributed by atoms with Crippen molar-refractivity contribution in [3.63, 3.8) is 0 Å². The van der Waals surface area contributed by atoms with Gasteiger partial charge in [0.25, 0.3) is 0 Å². The van der Waals surface area contributed by atoms with Crippen LogP contribution in [0.2, 0.25) is 0 Å². The van der Waals surface area contributed by atoms with E-state index in [1.807, 2.05) is 72.8 Å². The lowest BCUT2D eigenvalue weighted by molar-refractivity contribution is -0.261. The van der Waals surface area contributed by atoms with Gasteiger partial charge in [-0.05, 0) is 90.4 Å². The van der Waals surface area contributed by atoms with Crippen molar-refractivity contribution in [2.75, 3.05) is 19.8 Å². The first-order chi connectivity index (χ1) is 27.7. The quantitative estimate of drug-likeness (QED) is 0.0745. The highest BCUT2D eigenvalue weighted by atomic mass is 16.6. The zero-order chi connectivity index (χ0) is 37.8. The Labute approximate surface area is 334 Å². The molecule has 0 spiro atoms. The second-order valence-electron chi connectivity index (χ2n) is 16.8. The van der Waals surface area contributed by atoms with Crippen LogP contribution < -0.4 is 0 Å². The molecule has 9 rings (SSSR count). The molecule has 5 atom stereocenters. The van der Waals surface area contributed by atoms with Gasteiger partial charge in [-0.1, -0.05) is 127 Å². The minimum atomic E-state index is -0.547. The van der Waals surface area contributed by atoms with E-state index in [1.165, 1.54) is 38.5 Å². The molecule has 6 nitrogen and oxygen atoms in total. The number of hydrogen-bond acceptors (Lipinski definition) is 6. The third-order valence-corrected chi connectivity index (χ3v) is 12.3. The summed E-state index contributed by atoms with van der Waals surface area (Å²) in [6, 6.07) is 41.0. The third-order valence-electron chi connectivity index (χ3n) is 12.3. The molecular formula is C50H58O6. The lowest BCUT2D eigenvalue weighted by atomic mass is 9.50. The van der Waals surface area contributed by atoms with E-state index < -0.39 is 30.5 Å². The Morgan fingerprint density at radius 1 is 0.536 bits per heavy atom. The largest absolute Gasteiger partial charge is 0.381 e. The fourth-order valence-corrected chi connectivity index (χ4v) is 10.1. The molecule has 4 bridgehead atoms. The van der Waals surface area contributed by atoms with Crippen LogP contribution in [0.4, 0.5) is 0 Å². The zero-order valence-electron chi connectivity index (χ0n) is 32.7. The summed E-state index contributed by atoms with van der Waals surface area (Å²) in [4.78, 5) is 0. The predicted octanol–water partition coefficient (Wildman–Crippen LogP) is 9.74. The maximum atomic E-state index is 6.91. The van der Waals surface area contributed by atoms with Gasteiger partial charge in [0.1, 0.15) is 30.5 Å². The lowest BCUT2D eigenvalue weighted by Gasteiger charge is -2.56.